The first-order chi connectivity index (χ1) is 9.83. The summed E-state index contributed by atoms with van der Waals surface area (Å²) in [4.78, 5) is 5.75. The maximum Gasteiger partial charge on any atom is 0.215 e. The average molecular weight is 282 g/mol. The number of nitrogens with one attached hydrogen (secondary N) is 1. The molecule has 1 aliphatic heterocycles. The fraction of sp³-hybridized carbons (Fsp3) is 0.0714. The number of aliphatic imine (C=N–C) groups is 1. The normalized spacial score (nSPS) is 17.4. The molecule has 0 saturated carbocycles. The Morgan fingerprint density at radius 3 is 2.85 bits per heavy atom. The molecule has 1 aromatic heterocycles. The summed E-state index contributed by atoms with van der Waals surface area (Å²) < 4.78 is 2.23. The summed E-state index contributed by atoms with van der Waals surface area (Å²) in [6.45, 7) is 0. The molecule has 5 nitrogen and oxygen atoms in total. The highest BCUT2D eigenvalue weighted by atomic mass is 32.2. The van der Waals surface area contributed by atoms with Crippen molar-refractivity contribution in [1.82, 2.24) is 15.4 Å². The smallest absolute Gasteiger partial charge is 0.215 e. The van der Waals surface area contributed by atoms with E-state index in [1.165, 1.54) is 4.90 Å². The van der Waals surface area contributed by atoms with Crippen LogP contribution >= 0.6 is 0 Å². The van der Waals surface area contributed by atoms with E-state index in [1.54, 1.807) is 0 Å². The number of para-hydroxylation sites is 1. The Kier molecular flexibility index (Phi) is 2.50. The van der Waals surface area contributed by atoms with Crippen LogP contribution in [0.25, 0.3) is 11.0 Å². The molecule has 0 aliphatic carbocycles. The second-order valence-corrected chi connectivity index (χ2v) is 6.34. The number of H-pyrrole nitrogens is 1. The Morgan fingerprint density at radius 2 is 1.90 bits per heavy atom. The first kappa shape index (κ1) is 11.5. The molecule has 0 amide bonds. The van der Waals surface area contributed by atoms with E-state index in [4.69, 9.17) is 0 Å². The Morgan fingerprint density at radius 1 is 1.05 bits per heavy atom. The van der Waals surface area contributed by atoms with Crippen LogP contribution in [0, 0.1) is 0 Å². The van der Waals surface area contributed by atoms with Gasteiger partial charge in [0.25, 0.3) is 0 Å². The third-order valence-electron chi connectivity index (χ3n) is 3.34. The number of nitrogens with zero attached hydrogens (tertiary/aromatic N) is 4. The number of aromatic nitrogens is 3. The molecular formula is C14H12N5S+. The van der Waals surface area contributed by atoms with Crippen LogP contribution < -0.4 is 0 Å². The topological polar surface area (TPSA) is 56.9 Å². The summed E-state index contributed by atoms with van der Waals surface area (Å²) in [5.41, 5.74) is 5.94. The van der Waals surface area contributed by atoms with Crippen molar-refractivity contribution in [3.8, 4) is 0 Å². The van der Waals surface area contributed by atoms with Gasteiger partial charge < -0.3 is 0 Å². The molecule has 1 atom stereocenters. The summed E-state index contributed by atoms with van der Waals surface area (Å²) in [5, 5.41) is 10.9. The van der Waals surface area contributed by atoms with Crippen LogP contribution in [0.4, 0.5) is 11.4 Å². The van der Waals surface area contributed by atoms with Crippen molar-refractivity contribution in [2.75, 3.05) is 7.05 Å². The second-order valence-electron chi connectivity index (χ2n) is 4.51. The van der Waals surface area contributed by atoms with Crippen molar-refractivity contribution in [2.24, 2.45) is 4.99 Å². The number of fused-ring (bicyclic) bond motifs is 2. The summed E-state index contributed by atoms with van der Waals surface area (Å²) in [6, 6.07) is 14.3. The van der Waals surface area contributed by atoms with Gasteiger partial charge in [0.2, 0.25) is 5.69 Å². The average Bonchev–Trinajstić information content (AvgIpc) is 3.12. The molecule has 3 aromatic rings. The van der Waals surface area contributed by atoms with Crippen molar-refractivity contribution >= 4 is 38.6 Å². The molecule has 98 valence electrons. The highest BCUT2D eigenvalue weighted by Gasteiger charge is 2.20. The monoisotopic (exact) mass is 282 g/mol. The maximum absolute atomic E-state index is 4.49. The number of rotatable bonds is 1. The molecule has 0 saturated heterocycles. The zero-order valence-corrected chi connectivity index (χ0v) is 11.6. The van der Waals surface area contributed by atoms with Crippen LogP contribution in [-0.2, 0) is 10.7 Å². The van der Waals surface area contributed by atoms with Crippen molar-refractivity contribution in [3.63, 3.8) is 0 Å². The van der Waals surface area contributed by atoms with Gasteiger partial charge in [-0.3, -0.25) is 0 Å². The molecule has 0 spiro atoms. The van der Waals surface area contributed by atoms with Crippen molar-refractivity contribution in [3.05, 3.63) is 42.5 Å². The number of hydrogen-bond acceptors (Lipinski definition) is 3. The maximum atomic E-state index is 4.49. The molecule has 6 heteroatoms. The highest BCUT2D eigenvalue weighted by molar-refractivity contribution is 7.99. The number of benzene rings is 2. The lowest BCUT2D eigenvalue weighted by Gasteiger charge is -2.01. The summed E-state index contributed by atoms with van der Waals surface area (Å²) in [5.74, 6) is 0. The van der Waals surface area contributed by atoms with Gasteiger partial charge in [-0.25, -0.2) is 4.99 Å². The third kappa shape index (κ3) is 1.69. The Labute approximate surface area is 118 Å². The van der Waals surface area contributed by atoms with Gasteiger partial charge in [0, 0.05) is 12.1 Å². The quantitative estimate of drug-likeness (QED) is 0.698. The summed E-state index contributed by atoms with van der Waals surface area (Å²) >= 11 is 0. The van der Waals surface area contributed by atoms with Crippen molar-refractivity contribution in [2.45, 2.75) is 4.90 Å². The van der Waals surface area contributed by atoms with Crippen LogP contribution in [0.1, 0.15) is 0 Å². The highest BCUT2D eigenvalue weighted by Crippen LogP contribution is 2.29. The van der Waals surface area contributed by atoms with E-state index in [9.17, 15) is 0 Å². The fourth-order valence-electron chi connectivity index (χ4n) is 2.26. The first-order valence-corrected chi connectivity index (χ1v) is 7.48. The molecule has 0 radical (unpaired) electrons. The molecule has 1 unspecified atom stereocenters. The zero-order valence-electron chi connectivity index (χ0n) is 10.8. The summed E-state index contributed by atoms with van der Waals surface area (Å²) in [6.07, 6.45) is 0. The minimum absolute atomic E-state index is 0.145. The van der Waals surface area contributed by atoms with E-state index in [-0.39, 0.29) is 10.7 Å². The van der Waals surface area contributed by atoms with Gasteiger partial charge in [0.05, 0.1) is 10.6 Å². The first-order valence-electron chi connectivity index (χ1n) is 6.23. The SMILES string of the molecule is C[N+](c1ccc2n[nH]nc2c1)=S1C=Nc2ccccc21. The van der Waals surface area contributed by atoms with Crippen LogP contribution in [0.15, 0.2) is 52.4 Å². The van der Waals surface area contributed by atoms with Crippen LogP contribution in [0.3, 0.4) is 0 Å². The summed E-state index contributed by atoms with van der Waals surface area (Å²) in [7, 11) is 1.94. The van der Waals surface area contributed by atoms with Gasteiger partial charge >= 0.3 is 0 Å². The van der Waals surface area contributed by atoms with Gasteiger partial charge in [-0.05, 0) is 18.2 Å². The van der Waals surface area contributed by atoms with E-state index in [2.05, 4.69) is 49.6 Å². The minimum atomic E-state index is -0.145. The van der Waals surface area contributed by atoms with Crippen LogP contribution in [0.2, 0.25) is 0 Å². The molecule has 1 aliphatic rings. The van der Waals surface area contributed by atoms with E-state index >= 15 is 0 Å². The third-order valence-corrected chi connectivity index (χ3v) is 5.24. The minimum Gasteiger partial charge on any atom is -0.243 e. The van der Waals surface area contributed by atoms with E-state index < -0.39 is 0 Å². The fourth-order valence-corrected chi connectivity index (χ4v) is 3.92. The second kappa shape index (κ2) is 4.35. The molecule has 0 bridgehead atoms. The van der Waals surface area contributed by atoms with Gasteiger partial charge in [-0.1, -0.05) is 12.1 Å². The standard InChI is InChI=1S/C14H12N5S/c1-19(10-6-7-11-13(8-10)17-18-16-11)20-9-15-12-4-2-3-5-14(12)20/h2-9H,1H3,(H,16,17,18)/q+1. The lowest BCUT2D eigenvalue weighted by Crippen LogP contribution is -2.05. The lowest BCUT2D eigenvalue weighted by atomic mass is 10.3. The van der Waals surface area contributed by atoms with Crippen molar-refractivity contribution < 1.29 is 3.95 Å². The zero-order chi connectivity index (χ0) is 13.5. The lowest BCUT2D eigenvalue weighted by molar-refractivity contribution is -0.374. The number of aromatic amines is 1. The molecule has 1 N–H and O–H groups in total. The number of hydrogen-bond donors (Lipinski definition) is 1. The van der Waals surface area contributed by atoms with E-state index in [1.807, 2.05) is 29.8 Å². The van der Waals surface area contributed by atoms with Gasteiger partial charge in [0.1, 0.15) is 34.3 Å². The Bertz CT molecular complexity index is 878. The largest absolute Gasteiger partial charge is 0.243 e. The van der Waals surface area contributed by atoms with Gasteiger partial charge in [-0.2, -0.15) is 19.4 Å². The molecule has 2 heterocycles. The van der Waals surface area contributed by atoms with Gasteiger partial charge in [0.15, 0.2) is 0 Å². The predicted molar refractivity (Wildman–Crippen MR) is 80.0 cm³/mol. The Balaban J connectivity index is 1.90. The van der Waals surface area contributed by atoms with Crippen molar-refractivity contribution in [1.29, 1.82) is 0 Å². The van der Waals surface area contributed by atoms with E-state index in [0.29, 0.717) is 0 Å². The van der Waals surface area contributed by atoms with E-state index in [0.717, 1.165) is 22.4 Å². The molecule has 2 aromatic carbocycles. The molecule has 0 fully saturated rings. The Hall–Kier alpha value is -2.34. The van der Waals surface area contributed by atoms with Gasteiger partial charge in [-0.15, -0.1) is 0 Å². The molecule has 4 rings (SSSR count). The molecule has 20 heavy (non-hydrogen) atoms. The predicted octanol–water partition coefficient (Wildman–Crippen LogP) is 2.77. The van der Waals surface area contributed by atoms with Crippen LogP contribution in [-0.4, -0.2) is 32.0 Å². The van der Waals surface area contributed by atoms with Crippen LogP contribution in [0.5, 0.6) is 0 Å². The molecular weight excluding hydrogens is 270 g/mol.